The van der Waals surface area contributed by atoms with Crippen LogP contribution in [0, 0.1) is 5.92 Å². The second-order valence-corrected chi connectivity index (χ2v) is 5.56. The number of nitrogens with zero attached hydrogens (tertiary/aromatic N) is 2. The average molecular weight is 271 g/mol. The lowest BCUT2D eigenvalue weighted by Crippen LogP contribution is -2.14. The standard InChI is InChI=1S/C16H21N3O/c1-19-16(17)15(12-6-8-13(20-2)9-7-12)14(18-19)10-11-4-3-5-11/h6-9,11H,3-5,10,17H2,1-2H3. The van der Waals surface area contributed by atoms with Gasteiger partial charge < -0.3 is 10.5 Å². The van der Waals surface area contributed by atoms with Crippen molar-refractivity contribution in [2.45, 2.75) is 25.7 Å². The molecule has 0 atom stereocenters. The van der Waals surface area contributed by atoms with E-state index in [9.17, 15) is 0 Å². The van der Waals surface area contributed by atoms with Gasteiger partial charge in [-0.25, -0.2) is 0 Å². The van der Waals surface area contributed by atoms with E-state index in [0.29, 0.717) is 0 Å². The molecule has 3 rings (SSSR count). The minimum atomic E-state index is 0.740. The third-order valence-electron chi connectivity index (χ3n) is 4.25. The molecule has 1 fully saturated rings. The first-order chi connectivity index (χ1) is 9.69. The molecule has 106 valence electrons. The zero-order valence-corrected chi connectivity index (χ0v) is 12.1. The van der Waals surface area contributed by atoms with E-state index in [0.717, 1.165) is 40.7 Å². The fraction of sp³-hybridized carbons (Fsp3) is 0.438. The molecule has 4 nitrogen and oxygen atoms in total. The van der Waals surface area contributed by atoms with Crippen molar-refractivity contribution < 1.29 is 4.74 Å². The fourth-order valence-electron chi connectivity index (χ4n) is 2.78. The Hall–Kier alpha value is -1.97. The van der Waals surface area contributed by atoms with Crippen LogP contribution in [0.5, 0.6) is 5.75 Å². The molecule has 0 radical (unpaired) electrons. The van der Waals surface area contributed by atoms with Gasteiger partial charge in [-0.3, -0.25) is 4.68 Å². The van der Waals surface area contributed by atoms with Gasteiger partial charge in [0.05, 0.1) is 12.8 Å². The van der Waals surface area contributed by atoms with Crippen molar-refractivity contribution >= 4 is 5.82 Å². The molecule has 0 aliphatic heterocycles. The van der Waals surface area contributed by atoms with Crippen molar-refractivity contribution in [2.24, 2.45) is 13.0 Å². The maximum Gasteiger partial charge on any atom is 0.129 e. The van der Waals surface area contributed by atoms with Crippen molar-refractivity contribution in [3.05, 3.63) is 30.0 Å². The summed E-state index contributed by atoms with van der Waals surface area (Å²) in [5.41, 5.74) is 9.54. The molecule has 20 heavy (non-hydrogen) atoms. The number of anilines is 1. The molecular formula is C16H21N3O. The predicted octanol–water partition coefficient (Wildman–Crippen LogP) is 3.02. The van der Waals surface area contributed by atoms with Crippen molar-refractivity contribution in [3.63, 3.8) is 0 Å². The number of hydrogen-bond donors (Lipinski definition) is 1. The zero-order chi connectivity index (χ0) is 14.1. The quantitative estimate of drug-likeness (QED) is 0.930. The van der Waals surface area contributed by atoms with Gasteiger partial charge in [0.25, 0.3) is 0 Å². The average Bonchev–Trinajstić information content (AvgIpc) is 2.70. The lowest BCUT2D eigenvalue weighted by molar-refractivity contribution is 0.311. The topological polar surface area (TPSA) is 53.1 Å². The molecule has 2 N–H and O–H groups in total. The van der Waals surface area contributed by atoms with E-state index in [4.69, 9.17) is 10.5 Å². The van der Waals surface area contributed by atoms with Gasteiger partial charge in [0.2, 0.25) is 0 Å². The third kappa shape index (κ3) is 2.26. The Balaban J connectivity index is 1.96. The Morgan fingerprint density at radius 2 is 2.00 bits per heavy atom. The molecule has 0 spiro atoms. The van der Waals surface area contributed by atoms with Crippen LogP contribution in [-0.4, -0.2) is 16.9 Å². The summed E-state index contributed by atoms with van der Waals surface area (Å²) in [7, 11) is 3.59. The van der Waals surface area contributed by atoms with Crippen LogP contribution in [0.2, 0.25) is 0 Å². The van der Waals surface area contributed by atoms with Gasteiger partial charge in [0.15, 0.2) is 0 Å². The minimum Gasteiger partial charge on any atom is -0.497 e. The number of methoxy groups -OCH3 is 1. The van der Waals surface area contributed by atoms with Gasteiger partial charge in [0, 0.05) is 12.6 Å². The first-order valence-electron chi connectivity index (χ1n) is 7.15. The highest BCUT2D eigenvalue weighted by Gasteiger charge is 2.23. The summed E-state index contributed by atoms with van der Waals surface area (Å²) in [5.74, 6) is 2.38. The highest BCUT2D eigenvalue weighted by Crippen LogP contribution is 2.36. The number of rotatable bonds is 4. The SMILES string of the molecule is COc1ccc(-c2c(CC3CCC3)nn(C)c2N)cc1. The van der Waals surface area contributed by atoms with E-state index in [2.05, 4.69) is 17.2 Å². The van der Waals surface area contributed by atoms with Gasteiger partial charge in [0.1, 0.15) is 11.6 Å². The molecule has 0 amide bonds. The molecule has 1 aliphatic carbocycles. The van der Waals surface area contributed by atoms with Crippen molar-refractivity contribution in [1.82, 2.24) is 9.78 Å². The Morgan fingerprint density at radius 1 is 1.30 bits per heavy atom. The van der Waals surface area contributed by atoms with E-state index in [1.54, 1.807) is 11.8 Å². The van der Waals surface area contributed by atoms with Gasteiger partial charge in [-0.15, -0.1) is 0 Å². The van der Waals surface area contributed by atoms with Crippen LogP contribution in [-0.2, 0) is 13.5 Å². The maximum atomic E-state index is 6.21. The van der Waals surface area contributed by atoms with Crippen LogP contribution in [0.4, 0.5) is 5.82 Å². The van der Waals surface area contributed by atoms with Crippen LogP contribution in [0.3, 0.4) is 0 Å². The molecule has 1 saturated carbocycles. The van der Waals surface area contributed by atoms with Crippen molar-refractivity contribution in [3.8, 4) is 16.9 Å². The number of hydrogen-bond acceptors (Lipinski definition) is 3. The number of aryl methyl sites for hydroxylation is 1. The van der Waals surface area contributed by atoms with Crippen LogP contribution >= 0.6 is 0 Å². The highest BCUT2D eigenvalue weighted by molar-refractivity contribution is 5.77. The summed E-state index contributed by atoms with van der Waals surface area (Å²) in [6.45, 7) is 0. The number of ether oxygens (including phenoxy) is 1. The van der Waals surface area contributed by atoms with E-state index in [-0.39, 0.29) is 0 Å². The van der Waals surface area contributed by atoms with Gasteiger partial charge in [-0.05, 0) is 30.0 Å². The molecular weight excluding hydrogens is 250 g/mol. The minimum absolute atomic E-state index is 0.740. The van der Waals surface area contributed by atoms with Crippen LogP contribution in [0.15, 0.2) is 24.3 Å². The molecule has 0 saturated heterocycles. The number of nitrogens with two attached hydrogens (primary N) is 1. The van der Waals surface area contributed by atoms with Crippen molar-refractivity contribution in [2.75, 3.05) is 12.8 Å². The highest BCUT2D eigenvalue weighted by atomic mass is 16.5. The summed E-state index contributed by atoms with van der Waals surface area (Å²) < 4.78 is 7.00. The lowest BCUT2D eigenvalue weighted by Gasteiger charge is -2.24. The summed E-state index contributed by atoms with van der Waals surface area (Å²) in [4.78, 5) is 0. The normalized spacial score (nSPS) is 15.1. The van der Waals surface area contributed by atoms with Crippen LogP contribution < -0.4 is 10.5 Å². The molecule has 1 heterocycles. The van der Waals surface area contributed by atoms with Gasteiger partial charge >= 0.3 is 0 Å². The summed E-state index contributed by atoms with van der Waals surface area (Å²) in [6, 6.07) is 8.04. The zero-order valence-electron chi connectivity index (χ0n) is 12.1. The molecule has 4 heteroatoms. The van der Waals surface area contributed by atoms with Gasteiger partial charge in [-0.2, -0.15) is 5.10 Å². The Morgan fingerprint density at radius 3 is 2.55 bits per heavy atom. The molecule has 2 aromatic rings. The Kier molecular flexibility index (Phi) is 3.38. The Bertz CT molecular complexity index is 597. The second kappa shape index (κ2) is 5.19. The van der Waals surface area contributed by atoms with E-state index in [1.165, 1.54) is 19.3 Å². The predicted molar refractivity (Wildman–Crippen MR) is 80.7 cm³/mol. The van der Waals surface area contributed by atoms with Gasteiger partial charge in [-0.1, -0.05) is 31.4 Å². The number of benzene rings is 1. The monoisotopic (exact) mass is 271 g/mol. The summed E-state index contributed by atoms with van der Waals surface area (Å²) in [5, 5.41) is 4.61. The van der Waals surface area contributed by atoms with E-state index in [1.807, 2.05) is 19.2 Å². The number of nitrogen functional groups attached to an aromatic ring is 1. The molecule has 0 bridgehead atoms. The fourth-order valence-corrected chi connectivity index (χ4v) is 2.78. The molecule has 0 unspecified atom stereocenters. The molecule has 1 aromatic carbocycles. The van der Waals surface area contributed by atoms with Crippen molar-refractivity contribution in [1.29, 1.82) is 0 Å². The first-order valence-corrected chi connectivity index (χ1v) is 7.15. The molecule has 1 aliphatic rings. The molecule has 1 aromatic heterocycles. The Labute approximate surface area is 119 Å². The lowest BCUT2D eigenvalue weighted by atomic mass is 9.81. The first kappa shape index (κ1) is 13.0. The largest absolute Gasteiger partial charge is 0.497 e. The maximum absolute atomic E-state index is 6.21. The summed E-state index contributed by atoms with van der Waals surface area (Å²) in [6.07, 6.45) is 5.02. The smallest absolute Gasteiger partial charge is 0.129 e. The van der Waals surface area contributed by atoms with E-state index < -0.39 is 0 Å². The summed E-state index contributed by atoms with van der Waals surface area (Å²) >= 11 is 0. The third-order valence-corrected chi connectivity index (χ3v) is 4.25. The number of aromatic nitrogens is 2. The van der Waals surface area contributed by atoms with Crippen LogP contribution in [0.1, 0.15) is 25.0 Å². The van der Waals surface area contributed by atoms with E-state index >= 15 is 0 Å². The second-order valence-electron chi connectivity index (χ2n) is 5.56. The van der Waals surface area contributed by atoms with Crippen LogP contribution in [0.25, 0.3) is 11.1 Å².